The Kier molecular flexibility index (Phi) is 7.69. The molecule has 0 spiro atoms. The van der Waals surface area contributed by atoms with Crippen LogP contribution in [0.1, 0.15) is 22.3 Å². The van der Waals surface area contributed by atoms with Crippen LogP contribution in [0.3, 0.4) is 0 Å². The highest BCUT2D eigenvalue weighted by Crippen LogP contribution is 2.35. The van der Waals surface area contributed by atoms with E-state index in [4.69, 9.17) is 9.47 Å². The van der Waals surface area contributed by atoms with Crippen LogP contribution in [-0.4, -0.2) is 13.0 Å². The molecule has 0 fully saturated rings. The molecule has 0 aliphatic heterocycles. The highest BCUT2D eigenvalue weighted by atomic mass is 79.9. The van der Waals surface area contributed by atoms with E-state index in [1.54, 1.807) is 25.3 Å². The zero-order valence-corrected chi connectivity index (χ0v) is 19.7. The third-order valence-corrected chi connectivity index (χ3v) is 5.43. The molecular formula is C26H23BrN2O3. The number of amides is 1. The summed E-state index contributed by atoms with van der Waals surface area (Å²) in [5.41, 5.74) is 4.47. The number of benzene rings is 3. The van der Waals surface area contributed by atoms with Gasteiger partial charge in [-0.2, -0.15) is 5.26 Å². The first-order chi connectivity index (χ1) is 15.4. The van der Waals surface area contributed by atoms with Gasteiger partial charge in [0.2, 0.25) is 0 Å². The molecule has 6 heteroatoms. The molecule has 0 atom stereocenters. The van der Waals surface area contributed by atoms with Crippen LogP contribution < -0.4 is 14.8 Å². The monoisotopic (exact) mass is 490 g/mol. The average molecular weight is 491 g/mol. The number of nitriles is 1. The molecule has 0 aromatic heterocycles. The average Bonchev–Trinajstić information content (AvgIpc) is 2.78. The third kappa shape index (κ3) is 5.99. The number of nitrogens with one attached hydrogen (secondary N) is 1. The summed E-state index contributed by atoms with van der Waals surface area (Å²) in [6.07, 6.45) is 1.52. The van der Waals surface area contributed by atoms with Gasteiger partial charge in [-0.05, 0) is 60.9 Å². The number of ether oxygens (including phenoxy) is 2. The van der Waals surface area contributed by atoms with Crippen molar-refractivity contribution in [2.45, 2.75) is 20.5 Å². The van der Waals surface area contributed by atoms with Crippen LogP contribution in [0, 0.1) is 25.2 Å². The fourth-order valence-electron chi connectivity index (χ4n) is 3.00. The lowest BCUT2D eigenvalue weighted by Crippen LogP contribution is -2.13. The molecule has 0 heterocycles. The lowest BCUT2D eigenvalue weighted by molar-refractivity contribution is -0.112. The Balaban J connectivity index is 1.81. The number of halogens is 1. The molecule has 0 unspecified atom stereocenters. The Bertz CT molecular complexity index is 1190. The predicted octanol–water partition coefficient (Wildman–Crippen LogP) is 6.20. The minimum atomic E-state index is -0.483. The van der Waals surface area contributed by atoms with Crippen molar-refractivity contribution in [1.82, 2.24) is 0 Å². The van der Waals surface area contributed by atoms with Crippen molar-refractivity contribution in [3.8, 4) is 17.6 Å². The number of aryl methyl sites for hydroxylation is 2. The van der Waals surface area contributed by atoms with Crippen molar-refractivity contribution >= 4 is 33.6 Å². The number of hydrogen-bond donors (Lipinski definition) is 1. The number of carbonyl (C=O) groups excluding carboxylic acids is 1. The van der Waals surface area contributed by atoms with Crippen LogP contribution >= 0.6 is 15.9 Å². The molecule has 3 rings (SSSR count). The maximum atomic E-state index is 12.6. The van der Waals surface area contributed by atoms with Gasteiger partial charge >= 0.3 is 0 Å². The number of anilines is 1. The minimum Gasteiger partial charge on any atom is -0.493 e. The highest BCUT2D eigenvalue weighted by Gasteiger charge is 2.14. The van der Waals surface area contributed by atoms with Crippen LogP contribution in [0.25, 0.3) is 6.08 Å². The SMILES string of the molecule is COc1cc(/C=C(\C#N)C(=O)Nc2cccc(C)c2)c(Br)cc1OCc1ccc(C)cc1. The van der Waals surface area contributed by atoms with E-state index < -0.39 is 5.91 Å². The molecule has 1 amide bonds. The second-order valence-electron chi connectivity index (χ2n) is 7.29. The molecule has 3 aromatic rings. The molecule has 0 aliphatic carbocycles. The predicted molar refractivity (Wildman–Crippen MR) is 130 cm³/mol. The summed E-state index contributed by atoms with van der Waals surface area (Å²) in [4.78, 5) is 12.6. The third-order valence-electron chi connectivity index (χ3n) is 4.74. The first-order valence-electron chi connectivity index (χ1n) is 9.95. The molecular weight excluding hydrogens is 468 g/mol. The molecule has 0 bridgehead atoms. The fourth-order valence-corrected chi connectivity index (χ4v) is 3.44. The molecule has 32 heavy (non-hydrogen) atoms. The first kappa shape index (κ1) is 23.1. The molecule has 3 aromatic carbocycles. The van der Waals surface area contributed by atoms with E-state index in [9.17, 15) is 10.1 Å². The second-order valence-corrected chi connectivity index (χ2v) is 8.15. The number of nitrogens with zero attached hydrogens (tertiary/aromatic N) is 1. The van der Waals surface area contributed by atoms with E-state index in [0.717, 1.165) is 11.1 Å². The Hall–Kier alpha value is -3.56. The summed E-state index contributed by atoms with van der Waals surface area (Å²) in [5.74, 6) is 0.575. The van der Waals surface area contributed by atoms with Crippen molar-refractivity contribution in [3.63, 3.8) is 0 Å². The molecule has 162 valence electrons. The number of methoxy groups -OCH3 is 1. The summed E-state index contributed by atoms with van der Waals surface area (Å²) < 4.78 is 12.1. The summed E-state index contributed by atoms with van der Waals surface area (Å²) in [6, 6.07) is 21.0. The standard InChI is InChI=1S/C26H23BrN2O3/c1-17-7-9-19(10-8-17)16-32-25-14-23(27)20(13-24(25)31-3)12-21(15-28)26(30)29-22-6-4-5-18(2)11-22/h4-14H,16H2,1-3H3,(H,29,30)/b21-12+. The van der Waals surface area contributed by atoms with Gasteiger partial charge in [-0.1, -0.05) is 57.9 Å². The van der Waals surface area contributed by atoms with Crippen LogP contribution in [-0.2, 0) is 11.4 Å². The Morgan fingerprint density at radius 3 is 2.47 bits per heavy atom. The molecule has 0 aliphatic rings. The van der Waals surface area contributed by atoms with Gasteiger partial charge in [0.15, 0.2) is 11.5 Å². The second kappa shape index (κ2) is 10.7. The summed E-state index contributed by atoms with van der Waals surface area (Å²) in [7, 11) is 1.55. The van der Waals surface area contributed by atoms with Crippen LogP contribution in [0.4, 0.5) is 5.69 Å². The van der Waals surface area contributed by atoms with E-state index >= 15 is 0 Å². The van der Waals surface area contributed by atoms with Crippen molar-refractivity contribution in [2.24, 2.45) is 0 Å². The molecule has 0 radical (unpaired) electrons. The number of rotatable bonds is 7. The number of carbonyl (C=O) groups is 1. The molecule has 1 N–H and O–H groups in total. The van der Waals surface area contributed by atoms with Crippen molar-refractivity contribution in [2.75, 3.05) is 12.4 Å². The summed E-state index contributed by atoms with van der Waals surface area (Å²) in [5, 5.41) is 12.3. The van der Waals surface area contributed by atoms with E-state index in [-0.39, 0.29) is 5.57 Å². The lowest BCUT2D eigenvalue weighted by atomic mass is 10.1. The van der Waals surface area contributed by atoms with Gasteiger partial charge in [-0.3, -0.25) is 4.79 Å². The van der Waals surface area contributed by atoms with E-state index in [0.29, 0.717) is 33.8 Å². The van der Waals surface area contributed by atoms with Gasteiger partial charge in [-0.25, -0.2) is 0 Å². The van der Waals surface area contributed by atoms with Crippen LogP contribution in [0.5, 0.6) is 11.5 Å². The fraction of sp³-hybridized carbons (Fsp3) is 0.154. The van der Waals surface area contributed by atoms with Gasteiger partial charge < -0.3 is 14.8 Å². The zero-order valence-electron chi connectivity index (χ0n) is 18.1. The van der Waals surface area contributed by atoms with Crippen molar-refractivity contribution in [1.29, 1.82) is 5.26 Å². The summed E-state index contributed by atoms with van der Waals surface area (Å²) in [6.45, 7) is 4.36. The summed E-state index contributed by atoms with van der Waals surface area (Å²) >= 11 is 3.51. The molecule has 0 saturated carbocycles. The van der Waals surface area contributed by atoms with Crippen LogP contribution in [0.15, 0.2) is 70.7 Å². The van der Waals surface area contributed by atoms with E-state index in [2.05, 4.69) is 21.2 Å². The zero-order chi connectivity index (χ0) is 23.1. The Labute approximate surface area is 196 Å². The van der Waals surface area contributed by atoms with Gasteiger partial charge in [0.1, 0.15) is 18.2 Å². The van der Waals surface area contributed by atoms with Gasteiger partial charge in [0.25, 0.3) is 5.91 Å². The maximum Gasteiger partial charge on any atom is 0.266 e. The van der Waals surface area contributed by atoms with Crippen molar-refractivity contribution < 1.29 is 14.3 Å². The quantitative estimate of drug-likeness (QED) is 0.316. The van der Waals surface area contributed by atoms with E-state index in [1.165, 1.54) is 11.6 Å². The van der Waals surface area contributed by atoms with E-state index in [1.807, 2.05) is 62.4 Å². The maximum absolute atomic E-state index is 12.6. The first-order valence-corrected chi connectivity index (χ1v) is 10.7. The largest absolute Gasteiger partial charge is 0.493 e. The van der Waals surface area contributed by atoms with Gasteiger partial charge in [0.05, 0.1) is 7.11 Å². The minimum absolute atomic E-state index is 0.0254. The number of hydrogen-bond acceptors (Lipinski definition) is 4. The van der Waals surface area contributed by atoms with Gasteiger partial charge in [0, 0.05) is 10.2 Å². The molecule has 5 nitrogen and oxygen atoms in total. The van der Waals surface area contributed by atoms with Crippen LogP contribution in [0.2, 0.25) is 0 Å². The Morgan fingerprint density at radius 1 is 1.06 bits per heavy atom. The molecule has 0 saturated heterocycles. The highest BCUT2D eigenvalue weighted by molar-refractivity contribution is 9.10. The normalized spacial score (nSPS) is 10.9. The van der Waals surface area contributed by atoms with Crippen molar-refractivity contribution in [3.05, 3.63) is 93.0 Å². The Morgan fingerprint density at radius 2 is 1.81 bits per heavy atom. The lowest BCUT2D eigenvalue weighted by Gasteiger charge is -2.13. The smallest absolute Gasteiger partial charge is 0.266 e. The topological polar surface area (TPSA) is 71.3 Å². The van der Waals surface area contributed by atoms with Gasteiger partial charge in [-0.15, -0.1) is 0 Å².